The molecule has 0 saturated heterocycles. The number of carbonyl (C=O) groups excluding carboxylic acids is 2. The van der Waals surface area contributed by atoms with Crippen LogP contribution in [-0.4, -0.2) is 29.0 Å². The highest BCUT2D eigenvalue weighted by atomic mass is 79.9. The van der Waals surface area contributed by atoms with Crippen LogP contribution < -0.4 is 5.32 Å². The average Bonchev–Trinajstić information content (AvgIpc) is 2.89. The van der Waals surface area contributed by atoms with E-state index in [2.05, 4.69) is 31.2 Å². The highest BCUT2D eigenvalue weighted by Crippen LogP contribution is 2.37. The Morgan fingerprint density at radius 2 is 2.04 bits per heavy atom. The van der Waals surface area contributed by atoms with Crippen LogP contribution in [0.25, 0.3) is 10.9 Å². The molecule has 4 rings (SSSR count). The van der Waals surface area contributed by atoms with Crippen LogP contribution in [0.1, 0.15) is 40.1 Å². The van der Waals surface area contributed by atoms with Gasteiger partial charge in [0.25, 0.3) is 0 Å². The first-order valence-corrected chi connectivity index (χ1v) is 9.27. The lowest BCUT2D eigenvalue weighted by Gasteiger charge is -2.18. The summed E-state index contributed by atoms with van der Waals surface area (Å²) >= 11 is 3.45. The van der Waals surface area contributed by atoms with E-state index in [4.69, 9.17) is 9.47 Å². The van der Waals surface area contributed by atoms with Crippen molar-refractivity contribution in [2.75, 3.05) is 12.4 Å². The second-order valence-electron chi connectivity index (χ2n) is 6.87. The van der Waals surface area contributed by atoms with Crippen LogP contribution in [0.15, 0.2) is 41.0 Å². The third kappa shape index (κ3) is 3.09. The first-order chi connectivity index (χ1) is 13.3. The largest absolute Gasteiger partial charge is 0.465 e. The molecule has 28 heavy (non-hydrogen) atoms. The Hall–Kier alpha value is -3.00. The summed E-state index contributed by atoms with van der Waals surface area (Å²) in [5, 5.41) is 3.86. The van der Waals surface area contributed by atoms with Crippen molar-refractivity contribution >= 4 is 50.4 Å². The monoisotopic (exact) mass is 441 g/mol. The van der Waals surface area contributed by atoms with Gasteiger partial charge in [0, 0.05) is 27.3 Å². The zero-order chi connectivity index (χ0) is 20.1. The van der Waals surface area contributed by atoms with Gasteiger partial charge in [-0.1, -0.05) is 0 Å². The molecule has 3 aromatic rings. The van der Waals surface area contributed by atoms with Crippen molar-refractivity contribution in [1.29, 1.82) is 0 Å². The maximum atomic E-state index is 11.9. The van der Waals surface area contributed by atoms with Crippen molar-refractivity contribution in [3.63, 3.8) is 0 Å². The molecule has 1 aliphatic rings. The van der Waals surface area contributed by atoms with Crippen LogP contribution in [0.2, 0.25) is 0 Å². The number of hydrogen-bond donors (Lipinski definition) is 1. The summed E-state index contributed by atoms with van der Waals surface area (Å²) in [5.74, 6) is -0.358. The molecular weight excluding hydrogens is 426 g/mol. The van der Waals surface area contributed by atoms with E-state index >= 15 is 0 Å². The van der Waals surface area contributed by atoms with Crippen molar-refractivity contribution in [2.45, 2.75) is 19.4 Å². The Morgan fingerprint density at radius 3 is 2.79 bits per heavy atom. The molecule has 0 fully saturated rings. The van der Waals surface area contributed by atoms with Gasteiger partial charge in [-0.15, -0.1) is 0 Å². The summed E-state index contributed by atoms with van der Waals surface area (Å²) in [6, 6.07) is 8.71. The molecule has 0 spiro atoms. The van der Waals surface area contributed by atoms with E-state index in [0.717, 1.165) is 11.3 Å². The Labute approximate surface area is 169 Å². The average molecular weight is 442 g/mol. The minimum atomic E-state index is -0.679. The number of methoxy groups -OCH3 is 1. The van der Waals surface area contributed by atoms with E-state index < -0.39 is 11.6 Å². The van der Waals surface area contributed by atoms with Crippen LogP contribution in [0.4, 0.5) is 11.6 Å². The molecule has 142 valence electrons. The molecule has 8 heteroatoms. The summed E-state index contributed by atoms with van der Waals surface area (Å²) in [6.07, 6.45) is 1.63. The zero-order valence-electron chi connectivity index (χ0n) is 15.4. The lowest BCUT2D eigenvalue weighted by atomic mass is 9.95. The first-order valence-electron chi connectivity index (χ1n) is 8.48. The van der Waals surface area contributed by atoms with E-state index in [1.807, 2.05) is 19.9 Å². The second-order valence-corrected chi connectivity index (χ2v) is 7.72. The summed E-state index contributed by atoms with van der Waals surface area (Å²) in [7, 11) is 1.33. The van der Waals surface area contributed by atoms with Crippen LogP contribution in [0.3, 0.4) is 0 Å². The van der Waals surface area contributed by atoms with Crippen LogP contribution in [0, 0.1) is 0 Å². The maximum Gasteiger partial charge on any atom is 0.339 e. The number of esters is 2. The summed E-state index contributed by atoms with van der Waals surface area (Å²) in [4.78, 5) is 32.5. The fraction of sp³-hybridized carbons (Fsp3) is 0.200. The van der Waals surface area contributed by atoms with Gasteiger partial charge in [-0.05, 0) is 60.1 Å². The van der Waals surface area contributed by atoms with Crippen molar-refractivity contribution in [3.05, 3.63) is 57.7 Å². The number of hydrogen-bond acceptors (Lipinski definition) is 7. The van der Waals surface area contributed by atoms with Gasteiger partial charge in [0.1, 0.15) is 5.60 Å². The predicted octanol–water partition coefficient (Wildman–Crippen LogP) is 4.33. The molecule has 0 amide bonds. The van der Waals surface area contributed by atoms with Gasteiger partial charge < -0.3 is 14.8 Å². The number of halogens is 1. The van der Waals surface area contributed by atoms with Crippen molar-refractivity contribution < 1.29 is 19.1 Å². The van der Waals surface area contributed by atoms with Crippen LogP contribution in [-0.2, 0) is 15.1 Å². The lowest BCUT2D eigenvalue weighted by Crippen LogP contribution is -2.16. The Kier molecular flexibility index (Phi) is 4.30. The Morgan fingerprint density at radius 1 is 1.25 bits per heavy atom. The number of aromatic nitrogens is 2. The number of rotatable bonds is 3. The quantitative estimate of drug-likeness (QED) is 0.604. The SMILES string of the molecule is COC(=O)c1cc(Br)c2nc(Nc3ccc4c(c3)C(C)(C)OC4=O)ncc2c1. The molecular formula is C20H16BrN3O4. The standard InChI is InChI=1S/C20H16BrN3O4/c1-20(2)14-8-12(4-5-13(14)18(26)28-20)23-19-22-9-11-6-10(17(25)27-3)7-15(21)16(11)24-19/h4-9H,1-3H3,(H,22,23,24). The molecule has 0 aliphatic carbocycles. The van der Waals surface area contributed by atoms with E-state index in [1.54, 1.807) is 30.5 Å². The van der Waals surface area contributed by atoms with E-state index in [1.165, 1.54) is 7.11 Å². The number of anilines is 2. The number of carbonyl (C=O) groups is 2. The fourth-order valence-electron chi connectivity index (χ4n) is 3.17. The Bertz CT molecular complexity index is 1140. The molecule has 0 unspecified atom stereocenters. The number of nitrogens with one attached hydrogen (secondary N) is 1. The third-order valence-corrected chi connectivity index (χ3v) is 5.15. The number of ether oxygens (including phenoxy) is 2. The molecule has 2 heterocycles. The fourth-order valence-corrected chi connectivity index (χ4v) is 3.73. The molecule has 1 aliphatic heterocycles. The number of fused-ring (bicyclic) bond motifs is 2. The van der Waals surface area contributed by atoms with Gasteiger partial charge in [-0.3, -0.25) is 0 Å². The zero-order valence-corrected chi connectivity index (χ0v) is 17.0. The number of benzene rings is 2. The normalized spacial score (nSPS) is 14.5. The highest BCUT2D eigenvalue weighted by molar-refractivity contribution is 9.10. The van der Waals surface area contributed by atoms with E-state index in [0.29, 0.717) is 32.5 Å². The topological polar surface area (TPSA) is 90.4 Å². The van der Waals surface area contributed by atoms with E-state index in [9.17, 15) is 9.59 Å². The van der Waals surface area contributed by atoms with Crippen molar-refractivity contribution in [2.24, 2.45) is 0 Å². The molecule has 2 aromatic carbocycles. The second kappa shape index (κ2) is 6.56. The first kappa shape index (κ1) is 18.4. The molecule has 0 radical (unpaired) electrons. The van der Waals surface area contributed by atoms with Gasteiger partial charge >= 0.3 is 11.9 Å². The number of nitrogens with zero attached hydrogens (tertiary/aromatic N) is 2. The molecule has 0 atom stereocenters. The minimum absolute atomic E-state index is 0.321. The van der Waals surface area contributed by atoms with Crippen molar-refractivity contribution in [1.82, 2.24) is 9.97 Å². The van der Waals surface area contributed by atoms with Gasteiger partial charge in [0.15, 0.2) is 0 Å². The smallest absolute Gasteiger partial charge is 0.339 e. The highest BCUT2D eigenvalue weighted by Gasteiger charge is 2.37. The molecule has 0 saturated carbocycles. The van der Waals surface area contributed by atoms with Gasteiger partial charge in [0.05, 0.1) is 23.8 Å². The molecule has 1 aromatic heterocycles. The molecule has 1 N–H and O–H groups in total. The van der Waals surface area contributed by atoms with Crippen LogP contribution in [0.5, 0.6) is 0 Å². The Balaban J connectivity index is 1.69. The van der Waals surface area contributed by atoms with Gasteiger partial charge in [-0.25, -0.2) is 19.6 Å². The van der Waals surface area contributed by atoms with E-state index in [-0.39, 0.29) is 5.97 Å². The maximum absolute atomic E-state index is 11.9. The number of cyclic esters (lactones) is 1. The third-order valence-electron chi connectivity index (χ3n) is 4.55. The minimum Gasteiger partial charge on any atom is -0.465 e. The summed E-state index contributed by atoms with van der Waals surface area (Å²) in [6.45, 7) is 3.70. The summed E-state index contributed by atoms with van der Waals surface area (Å²) < 4.78 is 10.8. The van der Waals surface area contributed by atoms with Crippen molar-refractivity contribution in [3.8, 4) is 0 Å². The predicted molar refractivity (Wildman–Crippen MR) is 107 cm³/mol. The van der Waals surface area contributed by atoms with Gasteiger partial charge in [0.2, 0.25) is 5.95 Å². The van der Waals surface area contributed by atoms with Gasteiger partial charge in [-0.2, -0.15) is 0 Å². The lowest BCUT2D eigenvalue weighted by molar-refractivity contribution is 0.00953. The molecule has 7 nitrogen and oxygen atoms in total. The molecule has 0 bridgehead atoms. The summed E-state index contributed by atoms with van der Waals surface area (Å²) in [5.41, 5.74) is 2.51. The van der Waals surface area contributed by atoms with Crippen LogP contribution >= 0.6 is 15.9 Å².